The topological polar surface area (TPSA) is 77.2 Å². The first-order valence-electron chi connectivity index (χ1n) is 6.70. The first-order chi connectivity index (χ1) is 9.87. The number of esters is 1. The molecule has 1 heterocycles. The van der Waals surface area contributed by atoms with Crippen LogP contribution in [0.1, 0.15) is 35.6 Å². The Labute approximate surface area is 123 Å². The van der Waals surface area contributed by atoms with E-state index < -0.39 is 11.6 Å². The summed E-state index contributed by atoms with van der Waals surface area (Å²) in [7, 11) is 0. The van der Waals surface area contributed by atoms with Gasteiger partial charge < -0.3 is 9.84 Å². The van der Waals surface area contributed by atoms with Crippen LogP contribution in [0, 0.1) is 6.92 Å². The van der Waals surface area contributed by atoms with E-state index in [9.17, 15) is 9.90 Å². The second kappa shape index (κ2) is 6.05. The maximum atomic E-state index is 12.0. The number of carbonyl (C=O) groups excluding carboxylic acids is 1. The third-order valence-electron chi connectivity index (χ3n) is 2.93. The molecule has 6 heteroatoms. The SMILES string of the molecule is Cc1c(C(=O)OCc2ccccc2)nnn1CC(C)(C)O. The first kappa shape index (κ1) is 15.2. The highest BCUT2D eigenvalue weighted by atomic mass is 16.5. The van der Waals surface area contributed by atoms with E-state index in [2.05, 4.69) is 10.3 Å². The molecule has 112 valence electrons. The van der Waals surface area contributed by atoms with Gasteiger partial charge in [0.2, 0.25) is 0 Å². The van der Waals surface area contributed by atoms with Crippen molar-refractivity contribution in [2.75, 3.05) is 0 Å². The van der Waals surface area contributed by atoms with E-state index in [0.717, 1.165) is 5.56 Å². The molecule has 0 aliphatic heterocycles. The third-order valence-corrected chi connectivity index (χ3v) is 2.93. The Morgan fingerprint density at radius 1 is 1.33 bits per heavy atom. The highest BCUT2D eigenvalue weighted by molar-refractivity contribution is 5.88. The first-order valence-corrected chi connectivity index (χ1v) is 6.70. The van der Waals surface area contributed by atoms with E-state index in [1.54, 1.807) is 20.8 Å². The molecule has 0 unspecified atom stereocenters. The minimum Gasteiger partial charge on any atom is -0.456 e. The van der Waals surface area contributed by atoms with Gasteiger partial charge in [-0.15, -0.1) is 5.10 Å². The van der Waals surface area contributed by atoms with E-state index in [1.165, 1.54) is 4.68 Å². The fourth-order valence-corrected chi connectivity index (χ4v) is 1.86. The molecule has 21 heavy (non-hydrogen) atoms. The summed E-state index contributed by atoms with van der Waals surface area (Å²) in [6, 6.07) is 9.43. The molecule has 0 amide bonds. The van der Waals surface area contributed by atoms with E-state index in [1.807, 2.05) is 30.3 Å². The molecule has 0 saturated heterocycles. The largest absolute Gasteiger partial charge is 0.456 e. The summed E-state index contributed by atoms with van der Waals surface area (Å²) in [5.74, 6) is -0.515. The van der Waals surface area contributed by atoms with Gasteiger partial charge in [0.05, 0.1) is 17.8 Å². The van der Waals surface area contributed by atoms with Crippen molar-refractivity contribution in [3.05, 3.63) is 47.3 Å². The van der Waals surface area contributed by atoms with Crippen LogP contribution in [-0.4, -0.2) is 31.7 Å². The molecule has 2 aromatic rings. The van der Waals surface area contributed by atoms with Crippen LogP contribution in [-0.2, 0) is 17.9 Å². The summed E-state index contributed by atoms with van der Waals surface area (Å²) in [5.41, 5.74) is 0.738. The molecule has 0 radical (unpaired) electrons. The number of nitrogens with zero attached hydrogens (tertiary/aromatic N) is 3. The molecule has 0 bridgehead atoms. The minimum absolute atomic E-state index is 0.176. The summed E-state index contributed by atoms with van der Waals surface area (Å²) < 4.78 is 6.72. The average molecular weight is 289 g/mol. The number of hydrogen-bond acceptors (Lipinski definition) is 5. The fraction of sp³-hybridized carbons (Fsp3) is 0.400. The molecule has 0 atom stereocenters. The van der Waals surface area contributed by atoms with Crippen LogP contribution in [0.15, 0.2) is 30.3 Å². The standard InChI is InChI=1S/C15H19N3O3/c1-11-13(16-17-18(11)10-15(2,3)20)14(19)21-9-12-7-5-4-6-8-12/h4-8,20H,9-10H2,1-3H3. The number of ether oxygens (including phenoxy) is 1. The quantitative estimate of drug-likeness (QED) is 0.848. The maximum absolute atomic E-state index is 12.0. The lowest BCUT2D eigenvalue weighted by Gasteiger charge is -2.17. The van der Waals surface area contributed by atoms with E-state index in [-0.39, 0.29) is 18.8 Å². The minimum atomic E-state index is -0.927. The van der Waals surface area contributed by atoms with Crippen LogP contribution in [0.25, 0.3) is 0 Å². The fourth-order valence-electron chi connectivity index (χ4n) is 1.86. The van der Waals surface area contributed by atoms with Crippen LogP contribution < -0.4 is 0 Å². The van der Waals surface area contributed by atoms with Crippen molar-refractivity contribution in [2.24, 2.45) is 0 Å². The van der Waals surface area contributed by atoms with Crippen LogP contribution in [0.3, 0.4) is 0 Å². The second-order valence-corrected chi connectivity index (χ2v) is 5.56. The van der Waals surface area contributed by atoms with Gasteiger partial charge in [-0.3, -0.25) is 0 Å². The van der Waals surface area contributed by atoms with Gasteiger partial charge in [0, 0.05) is 0 Å². The van der Waals surface area contributed by atoms with Gasteiger partial charge in [0.15, 0.2) is 5.69 Å². The molecule has 0 saturated carbocycles. The van der Waals surface area contributed by atoms with Crippen LogP contribution in [0.2, 0.25) is 0 Å². The van der Waals surface area contributed by atoms with Crippen molar-refractivity contribution in [2.45, 2.75) is 39.5 Å². The monoisotopic (exact) mass is 289 g/mol. The molecular weight excluding hydrogens is 270 g/mol. The Bertz CT molecular complexity index is 615. The number of hydrogen-bond donors (Lipinski definition) is 1. The summed E-state index contributed by atoms with van der Waals surface area (Å²) in [6.07, 6.45) is 0. The predicted octanol–water partition coefficient (Wildman–Crippen LogP) is 1.71. The van der Waals surface area contributed by atoms with Gasteiger partial charge in [0.1, 0.15) is 6.61 Å². The normalized spacial score (nSPS) is 11.4. The summed E-state index contributed by atoms with van der Waals surface area (Å²) in [4.78, 5) is 12.0. The second-order valence-electron chi connectivity index (χ2n) is 5.56. The van der Waals surface area contributed by atoms with Crippen molar-refractivity contribution < 1.29 is 14.6 Å². The Hall–Kier alpha value is -2.21. The molecule has 0 fully saturated rings. The molecule has 6 nitrogen and oxygen atoms in total. The lowest BCUT2D eigenvalue weighted by molar-refractivity contribution is 0.0461. The van der Waals surface area contributed by atoms with Gasteiger partial charge in [-0.2, -0.15) is 0 Å². The third kappa shape index (κ3) is 4.13. The van der Waals surface area contributed by atoms with E-state index >= 15 is 0 Å². The maximum Gasteiger partial charge on any atom is 0.361 e. The van der Waals surface area contributed by atoms with Gasteiger partial charge in [-0.25, -0.2) is 9.48 Å². The highest BCUT2D eigenvalue weighted by Gasteiger charge is 2.21. The van der Waals surface area contributed by atoms with Crippen molar-refractivity contribution >= 4 is 5.97 Å². The molecule has 0 spiro atoms. The van der Waals surface area contributed by atoms with Crippen LogP contribution in [0.5, 0.6) is 0 Å². The number of rotatable bonds is 5. The summed E-state index contributed by atoms with van der Waals surface area (Å²) >= 11 is 0. The van der Waals surface area contributed by atoms with E-state index in [0.29, 0.717) is 5.69 Å². The Morgan fingerprint density at radius 3 is 2.62 bits per heavy atom. The van der Waals surface area contributed by atoms with Gasteiger partial charge in [0.25, 0.3) is 0 Å². The molecule has 0 aliphatic rings. The van der Waals surface area contributed by atoms with Crippen molar-refractivity contribution in [3.63, 3.8) is 0 Å². The molecule has 1 aromatic carbocycles. The van der Waals surface area contributed by atoms with Crippen molar-refractivity contribution in [1.29, 1.82) is 0 Å². The number of aliphatic hydroxyl groups is 1. The summed E-state index contributed by atoms with van der Waals surface area (Å²) in [5, 5.41) is 17.5. The zero-order valence-corrected chi connectivity index (χ0v) is 12.4. The molecule has 0 aliphatic carbocycles. The van der Waals surface area contributed by atoms with Gasteiger partial charge in [-0.1, -0.05) is 35.5 Å². The van der Waals surface area contributed by atoms with E-state index in [4.69, 9.17) is 4.74 Å². The van der Waals surface area contributed by atoms with Crippen LogP contribution >= 0.6 is 0 Å². The zero-order chi connectivity index (χ0) is 15.5. The number of carbonyl (C=O) groups is 1. The molecule has 2 rings (SSSR count). The Kier molecular flexibility index (Phi) is 4.37. The Balaban J connectivity index is 2.03. The highest BCUT2D eigenvalue weighted by Crippen LogP contribution is 2.11. The zero-order valence-electron chi connectivity index (χ0n) is 12.4. The smallest absolute Gasteiger partial charge is 0.361 e. The van der Waals surface area contributed by atoms with Crippen molar-refractivity contribution in [1.82, 2.24) is 15.0 Å². The number of aromatic nitrogens is 3. The summed E-state index contributed by atoms with van der Waals surface area (Å²) in [6.45, 7) is 5.52. The van der Waals surface area contributed by atoms with Crippen LogP contribution in [0.4, 0.5) is 0 Å². The molecular formula is C15H19N3O3. The van der Waals surface area contributed by atoms with Crippen molar-refractivity contribution in [3.8, 4) is 0 Å². The number of benzene rings is 1. The van der Waals surface area contributed by atoms with Gasteiger partial charge in [-0.05, 0) is 26.3 Å². The predicted molar refractivity (Wildman–Crippen MR) is 76.6 cm³/mol. The lowest BCUT2D eigenvalue weighted by Crippen LogP contribution is -2.27. The lowest BCUT2D eigenvalue weighted by atomic mass is 10.1. The Morgan fingerprint density at radius 2 is 2.00 bits per heavy atom. The molecule has 1 N–H and O–H groups in total. The average Bonchev–Trinajstić information content (AvgIpc) is 2.77. The van der Waals surface area contributed by atoms with Gasteiger partial charge >= 0.3 is 5.97 Å². The molecule has 1 aromatic heterocycles.